The molecule has 1 aliphatic rings. The van der Waals surface area contributed by atoms with E-state index in [1.54, 1.807) is 0 Å². The lowest BCUT2D eigenvalue weighted by Gasteiger charge is -2.33. The minimum absolute atomic E-state index is 0.186. The highest BCUT2D eigenvalue weighted by atomic mass is 16.4. The van der Waals surface area contributed by atoms with E-state index in [9.17, 15) is 4.79 Å². The van der Waals surface area contributed by atoms with Gasteiger partial charge in [0.25, 0.3) is 0 Å². The third-order valence-corrected chi connectivity index (χ3v) is 2.90. The van der Waals surface area contributed by atoms with Gasteiger partial charge in [0.05, 0.1) is 6.54 Å². The highest BCUT2D eigenvalue weighted by molar-refractivity contribution is 5.69. The molecule has 0 spiro atoms. The minimum atomic E-state index is -0.721. The summed E-state index contributed by atoms with van der Waals surface area (Å²) < 4.78 is 0. The van der Waals surface area contributed by atoms with Crippen molar-refractivity contribution in [3.63, 3.8) is 0 Å². The van der Waals surface area contributed by atoms with Crippen LogP contribution in [0.4, 0.5) is 0 Å². The molecule has 0 aromatic heterocycles. The second kappa shape index (κ2) is 6.83. The van der Waals surface area contributed by atoms with Gasteiger partial charge < -0.3 is 14.9 Å². The summed E-state index contributed by atoms with van der Waals surface area (Å²) in [6.45, 7) is 6.20. The van der Waals surface area contributed by atoms with Crippen LogP contribution in [0.1, 0.15) is 6.42 Å². The number of carboxylic acids is 1. The number of rotatable bonds is 6. The Balaban J connectivity index is 2.10. The molecule has 0 aromatic carbocycles. The maximum Gasteiger partial charge on any atom is 0.317 e. The van der Waals surface area contributed by atoms with Gasteiger partial charge in [-0.1, -0.05) is 0 Å². The largest absolute Gasteiger partial charge is 0.480 e. The lowest BCUT2D eigenvalue weighted by Crippen LogP contribution is -2.48. The number of piperazine rings is 1. The quantitative estimate of drug-likeness (QED) is 0.674. The standard InChI is InChI=1S/C11H23N3O2/c1-12(2)4-3-5-13-6-8-14(9-7-13)10-11(15)16/h3-10H2,1-2H3,(H,15,16). The molecular formula is C11H23N3O2. The fraction of sp³-hybridized carbons (Fsp3) is 0.909. The lowest BCUT2D eigenvalue weighted by molar-refractivity contribution is -0.138. The van der Waals surface area contributed by atoms with Crippen LogP contribution in [0.5, 0.6) is 0 Å². The van der Waals surface area contributed by atoms with Crippen molar-refractivity contribution in [3.8, 4) is 0 Å². The predicted molar refractivity (Wildman–Crippen MR) is 63.7 cm³/mol. The van der Waals surface area contributed by atoms with Crippen molar-refractivity contribution in [2.24, 2.45) is 0 Å². The van der Waals surface area contributed by atoms with Crippen LogP contribution in [-0.4, -0.2) is 85.7 Å². The molecule has 1 fully saturated rings. The second-order valence-electron chi connectivity index (χ2n) is 4.67. The lowest BCUT2D eigenvalue weighted by atomic mass is 10.3. The molecule has 5 nitrogen and oxygen atoms in total. The Kier molecular flexibility index (Phi) is 5.73. The average molecular weight is 229 g/mol. The van der Waals surface area contributed by atoms with Crippen molar-refractivity contribution in [1.29, 1.82) is 0 Å². The zero-order valence-corrected chi connectivity index (χ0v) is 10.4. The van der Waals surface area contributed by atoms with Crippen LogP contribution in [-0.2, 0) is 4.79 Å². The maximum atomic E-state index is 10.5. The van der Waals surface area contributed by atoms with Crippen LogP contribution in [0.2, 0.25) is 0 Å². The molecule has 1 heterocycles. The van der Waals surface area contributed by atoms with Gasteiger partial charge in [0.15, 0.2) is 0 Å². The Morgan fingerprint density at radius 2 is 1.75 bits per heavy atom. The Bertz CT molecular complexity index is 213. The van der Waals surface area contributed by atoms with Crippen molar-refractivity contribution in [1.82, 2.24) is 14.7 Å². The third kappa shape index (κ3) is 5.44. The first-order valence-electron chi connectivity index (χ1n) is 5.89. The van der Waals surface area contributed by atoms with Crippen LogP contribution in [0.3, 0.4) is 0 Å². The van der Waals surface area contributed by atoms with Crippen LogP contribution in [0.15, 0.2) is 0 Å². The first-order chi connectivity index (χ1) is 7.58. The van der Waals surface area contributed by atoms with Gasteiger partial charge in [-0.05, 0) is 33.6 Å². The fourth-order valence-corrected chi connectivity index (χ4v) is 1.97. The monoisotopic (exact) mass is 229 g/mol. The molecule has 0 radical (unpaired) electrons. The molecular weight excluding hydrogens is 206 g/mol. The van der Waals surface area contributed by atoms with E-state index < -0.39 is 5.97 Å². The summed E-state index contributed by atoms with van der Waals surface area (Å²) in [7, 11) is 4.18. The molecule has 1 aliphatic heterocycles. The molecule has 1 saturated heterocycles. The van der Waals surface area contributed by atoms with Gasteiger partial charge >= 0.3 is 5.97 Å². The summed E-state index contributed by atoms with van der Waals surface area (Å²) in [5, 5.41) is 8.67. The first kappa shape index (κ1) is 13.4. The van der Waals surface area contributed by atoms with Gasteiger partial charge in [-0.15, -0.1) is 0 Å². The van der Waals surface area contributed by atoms with E-state index in [2.05, 4.69) is 23.9 Å². The van der Waals surface area contributed by atoms with Gasteiger partial charge in [0.2, 0.25) is 0 Å². The summed E-state index contributed by atoms with van der Waals surface area (Å²) in [5.41, 5.74) is 0. The average Bonchev–Trinajstić information content (AvgIpc) is 2.19. The molecule has 0 amide bonds. The van der Waals surface area contributed by atoms with E-state index in [0.29, 0.717) is 0 Å². The van der Waals surface area contributed by atoms with Crippen molar-refractivity contribution < 1.29 is 9.90 Å². The molecule has 16 heavy (non-hydrogen) atoms. The summed E-state index contributed by atoms with van der Waals surface area (Å²) >= 11 is 0. The summed E-state index contributed by atoms with van der Waals surface area (Å²) in [4.78, 5) is 17.2. The Hall–Kier alpha value is -0.650. The zero-order valence-electron chi connectivity index (χ0n) is 10.4. The molecule has 1 rings (SSSR count). The minimum Gasteiger partial charge on any atom is -0.480 e. The summed E-state index contributed by atoms with van der Waals surface area (Å²) in [6.07, 6.45) is 1.19. The number of nitrogens with zero attached hydrogens (tertiary/aromatic N) is 3. The molecule has 0 atom stereocenters. The predicted octanol–water partition coefficient (Wildman–Crippen LogP) is -0.360. The molecule has 0 unspecified atom stereocenters. The van der Waals surface area contributed by atoms with Crippen molar-refractivity contribution >= 4 is 5.97 Å². The van der Waals surface area contributed by atoms with Gasteiger partial charge in [0, 0.05) is 26.2 Å². The van der Waals surface area contributed by atoms with Crippen LogP contribution < -0.4 is 0 Å². The molecule has 94 valence electrons. The number of carboxylic acid groups (broad SMARTS) is 1. The van der Waals surface area contributed by atoms with Gasteiger partial charge in [-0.25, -0.2) is 0 Å². The van der Waals surface area contributed by atoms with E-state index in [1.165, 1.54) is 6.42 Å². The zero-order chi connectivity index (χ0) is 12.0. The van der Waals surface area contributed by atoms with Crippen LogP contribution >= 0.6 is 0 Å². The first-order valence-corrected chi connectivity index (χ1v) is 5.89. The van der Waals surface area contributed by atoms with Gasteiger partial charge in [-0.3, -0.25) is 9.69 Å². The number of aliphatic carboxylic acids is 1. The van der Waals surface area contributed by atoms with Gasteiger partial charge in [-0.2, -0.15) is 0 Å². The van der Waals surface area contributed by atoms with E-state index in [1.807, 2.05) is 4.90 Å². The number of hydrogen-bond donors (Lipinski definition) is 1. The van der Waals surface area contributed by atoms with Crippen LogP contribution in [0, 0.1) is 0 Å². The topological polar surface area (TPSA) is 47.0 Å². The molecule has 0 bridgehead atoms. The number of carbonyl (C=O) groups is 1. The SMILES string of the molecule is CN(C)CCCN1CCN(CC(=O)O)CC1. The second-order valence-corrected chi connectivity index (χ2v) is 4.67. The molecule has 0 aromatic rings. The normalized spacial score (nSPS) is 19.2. The molecule has 5 heteroatoms. The van der Waals surface area contributed by atoms with Crippen LogP contribution in [0.25, 0.3) is 0 Å². The van der Waals surface area contributed by atoms with E-state index in [4.69, 9.17) is 5.11 Å². The van der Waals surface area contributed by atoms with Crippen molar-refractivity contribution in [2.75, 3.05) is 59.9 Å². The van der Waals surface area contributed by atoms with Gasteiger partial charge in [0.1, 0.15) is 0 Å². The Morgan fingerprint density at radius 3 is 2.25 bits per heavy atom. The Labute approximate surface area is 97.6 Å². The van der Waals surface area contributed by atoms with E-state index >= 15 is 0 Å². The summed E-state index contributed by atoms with van der Waals surface area (Å²) in [6, 6.07) is 0. The molecule has 0 saturated carbocycles. The van der Waals surface area contributed by atoms with Crippen molar-refractivity contribution in [3.05, 3.63) is 0 Å². The van der Waals surface area contributed by atoms with Crippen molar-refractivity contribution in [2.45, 2.75) is 6.42 Å². The maximum absolute atomic E-state index is 10.5. The fourth-order valence-electron chi connectivity index (χ4n) is 1.97. The number of hydrogen-bond acceptors (Lipinski definition) is 4. The summed E-state index contributed by atoms with van der Waals surface area (Å²) in [5.74, 6) is -0.721. The highest BCUT2D eigenvalue weighted by Crippen LogP contribution is 2.02. The van der Waals surface area contributed by atoms with E-state index in [-0.39, 0.29) is 6.54 Å². The highest BCUT2D eigenvalue weighted by Gasteiger charge is 2.17. The molecule has 0 aliphatic carbocycles. The molecule has 1 N–H and O–H groups in total. The Morgan fingerprint density at radius 1 is 1.19 bits per heavy atom. The smallest absolute Gasteiger partial charge is 0.317 e. The van der Waals surface area contributed by atoms with E-state index in [0.717, 1.165) is 39.3 Å². The third-order valence-electron chi connectivity index (χ3n) is 2.90.